The maximum Gasteiger partial charge on any atom is 0.0795 e. The second kappa shape index (κ2) is 6.55. The summed E-state index contributed by atoms with van der Waals surface area (Å²) in [5.74, 6) is 2.43. The maximum absolute atomic E-state index is 6.08. The Hall–Kier alpha value is 0.160. The summed E-state index contributed by atoms with van der Waals surface area (Å²) in [6.45, 7) is 5.22. The van der Waals surface area contributed by atoms with Gasteiger partial charge in [0, 0.05) is 31.4 Å². The van der Waals surface area contributed by atoms with Crippen molar-refractivity contribution < 1.29 is 4.74 Å². The van der Waals surface area contributed by atoms with Crippen LogP contribution in [-0.4, -0.2) is 52.7 Å². The SMILES string of the molecule is CCN(CCC(N)=S)C1CCOC2(CCSC2)C1. The third-order valence-corrected chi connectivity index (χ3v) is 5.53. The minimum absolute atomic E-state index is 0.171. The summed E-state index contributed by atoms with van der Waals surface area (Å²) in [7, 11) is 0. The highest BCUT2D eigenvalue weighted by Gasteiger charge is 2.41. The number of thioether (sulfide) groups is 1. The molecule has 18 heavy (non-hydrogen) atoms. The molecule has 2 unspecified atom stereocenters. The summed E-state index contributed by atoms with van der Waals surface area (Å²) in [6.07, 6.45) is 4.39. The third-order valence-electron chi connectivity index (χ3n) is 4.10. The number of nitrogens with zero attached hydrogens (tertiary/aromatic N) is 1. The number of hydrogen-bond donors (Lipinski definition) is 1. The molecule has 0 aliphatic carbocycles. The van der Waals surface area contributed by atoms with Crippen molar-refractivity contribution in [1.82, 2.24) is 4.90 Å². The zero-order valence-corrected chi connectivity index (χ0v) is 12.8. The van der Waals surface area contributed by atoms with Gasteiger partial charge in [-0.1, -0.05) is 19.1 Å². The van der Waals surface area contributed by atoms with Crippen LogP contribution in [0, 0.1) is 0 Å². The first kappa shape index (κ1) is 14.6. The second-order valence-corrected chi connectivity index (χ2v) is 6.96. The van der Waals surface area contributed by atoms with Crippen LogP contribution in [0.15, 0.2) is 0 Å². The van der Waals surface area contributed by atoms with Crippen LogP contribution in [0.2, 0.25) is 0 Å². The Morgan fingerprint density at radius 1 is 1.61 bits per heavy atom. The second-order valence-electron chi connectivity index (χ2n) is 5.33. The van der Waals surface area contributed by atoms with E-state index in [4.69, 9.17) is 22.7 Å². The van der Waals surface area contributed by atoms with Crippen LogP contribution in [0.1, 0.15) is 32.6 Å². The molecular weight excluding hydrogens is 264 g/mol. The van der Waals surface area contributed by atoms with Gasteiger partial charge in [0.05, 0.1) is 10.6 Å². The predicted molar refractivity (Wildman–Crippen MR) is 82.3 cm³/mol. The molecule has 2 heterocycles. The largest absolute Gasteiger partial charge is 0.393 e. The summed E-state index contributed by atoms with van der Waals surface area (Å²) in [6, 6.07) is 0.650. The zero-order chi connectivity index (χ0) is 13.0. The highest BCUT2D eigenvalue weighted by atomic mass is 32.2. The predicted octanol–water partition coefficient (Wildman–Crippen LogP) is 2.04. The molecule has 2 saturated heterocycles. The van der Waals surface area contributed by atoms with Gasteiger partial charge in [0.2, 0.25) is 0 Å². The topological polar surface area (TPSA) is 38.5 Å². The van der Waals surface area contributed by atoms with E-state index in [1.807, 2.05) is 11.8 Å². The lowest BCUT2D eigenvalue weighted by Gasteiger charge is -2.42. The van der Waals surface area contributed by atoms with E-state index in [-0.39, 0.29) is 5.60 Å². The van der Waals surface area contributed by atoms with Gasteiger partial charge >= 0.3 is 0 Å². The molecule has 2 fully saturated rings. The Morgan fingerprint density at radius 2 is 2.44 bits per heavy atom. The minimum atomic E-state index is 0.171. The smallest absolute Gasteiger partial charge is 0.0795 e. The molecule has 2 aliphatic heterocycles. The molecule has 0 aromatic carbocycles. The fourth-order valence-electron chi connectivity index (χ4n) is 3.03. The van der Waals surface area contributed by atoms with E-state index in [2.05, 4.69) is 11.8 Å². The quantitative estimate of drug-likeness (QED) is 0.784. The standard InChI is InChI=1S/C13H24N2OS2/c1-2-15(6-3-12(14)17)11-4-7-16-13(9-11)5-8-18-10-13/h11H,2-10H2,1H3,(H2,14,17). The molecule has 2 aliphatic rings. The number of rotatable bonds is 5. The lowest BCUT2D eigenvalue weighted by atomic mass is 9.89. The molecule has 2 rings (SSSR count). The summed E-state index contributed by atoms with van der Waals surface area (Å²) in [4.78, 5) is 3.17. The number of hydrogen-bond acceptors (Lipinski definition) is 4. The van der Waals surface area contributed by atoms with E-state index in [9.17, 15) is 0 Å². The average molecular weight is 288 g/mol. The van der Waals surface area contributed by atoms with Gasteiger partial charge < -0.3 is 15.4 Å². The van der Waals surface area contributed by atoms with E-state index in [1.165, 1.54) is 24.3 Å². The zero-order valence-electron chi connectivity index (χ0n) is 11.2. The van der Waals surface area contributed by atoms with Crippen LogP contribution >= 0.6 is 24.0 Å². The van der Waals surface area contributed by atoms with Crippen molar-refractivity contribution in [3.05, 3.63) is 0 Å². The normalized spacial score (nSPS) is 32.2. The summed E-state index contributed by atoms with van der Waals surface area (Å²) >= 11 is 7.02. The van der Waals surface area contributed by atoms with E-state index in [0.29, 0.717) is 11.0 Å². The first-order valence-electron chi connectivity index (χ1n) is 6.89. The molecule has 0 radical (unpaired) electrons. The van der Waals surface area contributed by atoms with Crippen LogP contribution in [-0.2, 0) is 4.74 Å². The molecule has 3 nitrogen and oxygen atoms in total. The Kier molecular flexibility index (Phi) is 5.30. The molecule has 0 amide bonds. The summed E-state index contributed by atoms with van der Waals surface area (Å²) in [5.41, 5.74) is 5.79. The molecule has 0 saturated carbocycles. The first-order valence-corrected chi connectivity index (χ1v) is 8.45. The lowest BCUT2D eigenvalue weighted by Crippen LogP contribution is -2.49. The van der Waals surface area contributed by atoms with Crippen molar-refractivity contribution in [3.63, 3.8) is 0 Å². The van der Waals surface area contributed by atoms with Gasteiger partial charge in [-0.3, -0.25) is 0 Å². The molecule has 104 valence electrons. The van der Waals surface area contributed by atoms with Gasteiger partial charge in [-0.05, 0) is 31.6 Å². The van der Waals surface area contributed by atoms with E-state index >= 15 is 0 Å². The highest BCUT2D eigenvalue weighted by Crippen LogP contribution is 2.39. The lowest BCUT2D eigenvalue weighted by molar-refractivity contribution is -0.0886. The molecule has 0 aromatic rings. The third kappa shape index (κ3) is 3.59. The van der Waals surface area contributed by atoms with E-state index < -0.39 is 0 Å². The van der Waals surface area contributed by atoms with E-state index in [0.717, 1.165) is 32.5 Å². The van der Waals surface area contributed by atoms with Crippen LogP contribution < -0.4 is 5.73 Å². The van der Waals surface area contributed by atoms with Gasteiger partial charge in [0.25, 0.3) is 0 Å². The van der Waals surface area contributed by atoms with Crippen molar-refractivity contribution in [2.45, 2.75) is 44.2 Å². The fourth-order valence-corrected chi connectivity index (χ4v) is 4.50. The van der Waals surface area contributed by atoms with E-state index in [1.54, 1.807) is 0 Å². The Morgan fingerprint density at radius 3 is 3.06 bits per heavy atom. The van der Waals surface area contributed by atoms with Crippen LogP contribution in [0.25, 0.3) is 0 Å². The number of ether oxygens (including phenoxy) is 1. The van der Waals surface area contributed by atoms with Crippen molar-refractivity contribution in [2.75, 3.05) is 31.2 Å². The monoisotopic (exact) mass is 288 g/mol. The van der Waals surface area contributed by atoms with Crippen molar-refractivity contribution >= 4 is 29.0 Å². The highest BCUT2D eigenvalue weighted by molar-refractivity contribution is 7.99. The molecule has 2 N–H and O–H groups in total. The Balaban J connectivity index is 1.91. The summed E-state index contributed by atoms with van der Waals surface area (Å²) < 4.78 is 6.08. The maximum atomic E-state index is 6.08. The molecule has 0 bridgehead atoms. The first-order chi connectivity index (χ1) is 8.65. The molecular formula is C13H24N2OS2. The fraction of sp³-hybridized carbons (Fsp3) is 0.923. The Labute approximate surface area is 120 Å². The van der Waals surface area contributed by atoms with Gasteiger partial charge in [0.1, 0.15) is 0 Å². The van der Waals surface area contributed by atoms with Crippen molar-refractivity contribution in [3.8, 4) is 0 Å². The summed E-state index contributed by atoms with van der Waals surface area (Å²) in [5, 5.41) is 0. The average Bonchev–Trinajstić information content (AvgIpc) is 2.78. The minimum Gasteiger partial charge on any atom is -0.393 e. The van der Waals surface area contributed by atoms with Gasteiger partial charge in [-0.15, -0.1) is 0 Å². The number of nitrogens with two attached hydrogens (primary N) is 1. The van der Waals surface area contributed by atoms with Crippen molar-refractivity contribution in [2.24, 2.45) is 5.73 Å². The molecule has 2 atom stereocenters. The molecule has 1 spiro atoms. The van der Waals surface area contributed by atoms with Gasteiger partial charge in [0.15, 0.2) is 0 Å². The van der Waals surface area contributed by atoms with Crippen molar-refractivity contribution in [1.29, 1.82) is 0 Å². The van der Waals surface area contributed by atoms with Crippen LogP contribution in [0.4, 0.5) is 0 Å². The van der Waals surface area contributed by atoms with Gasteiger partial charge in [-0.25, -0.2) is 0 Å². The number of thiocarbonyl (C=S) groups is 1. The Bertz CT molecular complexity index is 293. The van der Waals surface area contributed by atoms with Crippen LogP contribution in [0.5, 0.6) is 0 Å². The van der Waals surface area contributed by atoms with Crippen LogP contribution in [0.3, 0.4) is 0 Å². The molecule has 0 aromatic heterocycles. The molecule has 5 heteroatoms. The van der Waals surface area contributed by atoms with Gasteiger partial charge in [-0.2, -0.15) is 11.8 Å².